The zero-order valence-corrected chi connectivity index (χ0v) is 11.0. The first-order valence-electron chi connectivity index (χ1n) is 6.53. The smallest absolute Gasteiger partial charge is 0.271 e. The monoisotopic (exact) mass is 248 g/mol. The van der Waals surface area contributed by atoms with Gasteiger partial charge in [0.25, 0.3) is 5.91 Å². The minimum absolute atomic E-state index is 0.134. The summed E-state index contributed by atoms with van der Waals surface area (Å²) in [5.41, 5.74) is 0.732. The topological polar surface area (TPSA) is 66.9 Å². The van der Waals surface area contributed by atoms with Gasteiger partial charge in [0.1, 0.15) is 11.5 Å². The third-order valence-electron chi connectivity index (χ3n) is 3.57. The van der Waals surface area contributed by atoms with E-state index in [1.54, 1.807) is 6.20 Å². The van der Waals surface area contributed by atoms with Crippen molar-refractivity contribution in [1.82, 2.24) is 15.3 Å². The van der Waals surface area contributed by atoms with Gasteiger partial charge in [0.2, 0.25) is 0 Å². The predicted molar refractivity (Wildman–Crippen MR) is 70.5 cm³/mol. The van der Waals surface area contributed by atoms with Crippen LogP contribution in [0.15, 0.2) is 12.4 Å². The summed E-state index contributed by atoms with van der Waals surface area (Å²) in [4.78, 5) is 20.1. The number of amides is 1. The van der Waals surface area contributed by atoms with Crippen LogP contribution in [0.4, 0.5) is 5.82 Å². The molecule has 1 aromatic heterocycles. The second kappa shape index (κ2) is 5.33. The molecule has 0 atom stereocenters. The van der Waals surface area contributed by atoms with Crippen molar-refractivity contribution in [3.8, 4) is 0 Å². The lowest BCUT2D eigenvalue weighted by molar-refractivity contribution is 0.0939. The Morgan fingerprint density at radius 1 is 1.33 bits per heavy atom. The van der Waals surface area contributed by atoms with Crippen molar-refractivity contribution < 1.29 is 4.79 Å². The normalized spacial score (nSPS) is 16.1. The molecule has 0 aromatic carbocycles. The molecule has 2 N–H and O–H groups in total. The van der Waals surface area contributed by atoms with E-state index in [2.05, 4.69) is 27.5 Å². The van der Waals surface area contributed by atoms with Gasteiger partial charge in [0.15, 0.2) is 0 Å². The lowest BCUT2D eigenvalue weighted by Gasteiger charge is -2.12. The van der Waals surface area contributed by atoms with Gasteiger partial charge in [-0.05, 0) is 31.6 Å². The summed E-state index contributed by atoms with van der Waals surface area (Å²) in [6.45, 7) is 5.70. The lowest BCUT2D eigenvalue weighted by atomic mass is 10.0. The van der Waals surface area contributed by atoms with Gasteiger partial charge < -0.3 is 10.6 Å². The van der Waals surface area contributed by atoms with E-state index >= 15 is 0 Å². The Balaban J connectivity index is 1.88. The van der Waals surface area contributed by atoms with Crippen LogP contribution in [0.25, 0.3) is 0 Å². The summed E-state index contributed by atoms with van der Waals surface area (Å²) < 4.78 is 0. The van der Waals surface area contributed by atoms with Crippen molar-refractivity contribution in [1.29, 1.82) is 0 Å². The molecule has 0 saturated heterocycles. The summed E-state index contributed by atoms with van der Waals surface area (Å²) in [6.07, 6.45) is 6.66. The standard InChI is InChI=1S/C13H20N4O/c1-3-13(5-6-13)9-17-12(18)10-7-16-11(8-15-10)14-4-2/h7-8H,3-6,9H2,1-2H3,(H,14,16)(H,17,18). The van der Waals surface area contributed by atoms with Crippen LogP contribution in [-0.2, 0) is 0 Å². The highest BCUT2D eigenvalue weighted by Gasteiger charge is 2.40. The SMILES string of the molecule is CCNc1cnc(C(=O)NCC2(CC)CC2)cn1. The minimum atomic E-state index is -0.134. The van der Waals surface area contributed by atoms with Crippen LogP contribution in [0, 0.1) is 5.41 Å². The van der Waals surface area contributed by atoms with Crippen molar-refractivity contribution in [2.75, 3.05) is 18.4 Å². The summed E-state index contributed by atoms with van der Waals surface area (Å²) in [5.74, 6) is 0.562. The quantitative estimate of drug-likeness (QED) is 0.806. The van der Waals surface area contributed by atoms with Crippen molar-refractivity contribution in [3.05, 3.63) is 18.1 Å². The fourth-order valence-corrected chi connectivity index (χ4v) is 1.91. The summed E-state index contributed by atoms with van der Waals surface area (Å²) in [6, 6.07) is 0. The number of aromatic nitrogens is 2. The maximum absolute atomic E-state index is 11.9. The molecule has 18 heavy (non-hydrogen) atoms. The zero-order chi connectivity index (χ0) is 13.0. The maximum atomic E-state index is 11.9. The Morgan fingerprint density at radius 2 is 2.11 bits per heavy atom. The molecular formula is C13H20N4O. The number of anilines is 1. The molecule has 1 aliphatic carbocycles. The Labute approximate surface area is 107 Å². The molecule has 0 radical (unpaired) electrons. The third kappa shape index (κ3) is 2.97. The van der Waals surface area contributed by atoms with Crippen LogP contribution in [0.3, 0.4) is 0 Å². The molecule has 1 amide bonds. The first-order valence-corrected chi connectivity index (χ1v) is 6.53. The Morgan fingerprint density at radius 3 is 2.61 bits per heavy atom. The molecule has 1 saturated carbocycles. The molecule has 5 nitrogen and oxygen atoms in total. The first-order chi connectivity index (χ1) is 8.69. The number of nitrogens with one attached hydrogen (secondary N) is 2. The Bertz CT molecular complexity index is 412. The molecule has 98 valence electrons. The van der Waals surface area contributed by atoms with Gasteiger partial charge in [-0.1, -0.05) is 6.92 Å². The second-order valence-electron chi connectivity index (χ2n) is 4.85. The number of hydrogen-bond acceptors (Lipinski definition) is 4. The van der Waals surface area contributed by atoms with Gasteiger partial charge in [-0.3, -0.25) is 4.79 Å². The molecule has 1 aromatic rings. The van der Waals surface area contributed by atoms with E-state index in [0.717, 1.165) is 19.5 Å². The fraction of sp³-hybridized carbons (Fsp3) is 0.615. The van der Waals surface area contributed by atoms with Crippen molar-refractivity contribution in [2.45, 2.75) is 33.1 Å². The highest BCUT2D eigenvalue weighted by molar-refractivity contribution is 5.92. The highest BCUT2D eigenvalue weighted by Crippen LogP contribution is 2.47. The molecule has 1 heterocycles. The Kier molecular flexibility index (Phi) is 3.79. The minimum Gasteiger partial charge on any atom is -0.369 e. The Hall–Kier alpha value is -1.65. The number of rotatable bonds is 6. The molecule has 1 fully saturated rings. The van der Waals surface area contributed by atoms with Crippen LogP contribution in [-0.4, -0.2) is 29.0 Å². The van der Waals surface area contributed by atoms with Gasteiger partial charge >= 0.3 is 0 Å². The summed E-state index contributed by atoms with van der Waals surface area (Å²) in [5, 5.41) is 5.99. The fourth-order valence-electron chi connectivity index (χ4n) is 1.91. The number of nitrogens with zero attached hydrogens (tertiary/aromatic N) is 2. The summed E-state index contributed by atoms with van der Waals surface area (Å²) >= 11 is 0. The van der Waals surface area contributed by atoms with E-state index in [-0.39, 0.29) is 5.91 Å². The average molecular weight is 248 g/mol. The summed E-state index contributed by atoms with van der Waals surface area (Å²) in [7, 11) is 0. The van der Waals surface area contributed by atoms with Gasteiger partial charge in [-0.25, -0.2) is 9.97 Å². The zero-order valence-electron chi connectivity index (χ0n) is 11.0. The van der Waals surface area contributed by atoms with Gasteiger partial charge in [0.05, 0.1) is 12.4 Å². The van der Waals surface area contributed by atoms with Crippen molar-refractivity contribution >= 4 is 11.7 Å². The predicted octanol–water partition coefficient (Wildman–Crippen LogP) is 1.83. The number of carbonyl (C=O) groups is 1. The molecule has 0 spiro atoms. The average Bonchev–Trinajstić information content (AvgIpc) is 3.18. The van der Waals surface area contributed by atoms with Gasteiger partial charge in [-0.15, -0.1) is 0 Å². The van der Waals surface area contributed by atoms with Crippen LogP contribution in [0.2, 0.25) is 0 Å². The third-order valence-corrected chi connectivity index (χ3v) is 3.57. The lowest BCUT2D eigenvalue weighted by Crippen LogP contribution is -2.30. The van der Waals surface area contributed by atoms with Gasteiger partial charge in [0, 0.05) is 13.1 Å². The van der Waals surface area contributed by atoms with E-state index in [9.17, 15) is 4.79 Å². The van der Waals surface area contributed by atoms with E-state index in [1.165, 1.54) is 19.0 Å². The van der Waals surface area contributed by atoms with Crippen molar-refractivity contribution in [2.24, 2.45) is 5.41 Å². The highest BCUT2D eigenvalue weighted by atomic mass is 16.1. The molecule has 0 bridgehead atoms. The van der Waals surface area contributed by atoms with Crippen LogP contribution in [0.5, 0.6) is 0 Å². The van der Waals surface area contributed by atoms with Crippen molar-refractivity contribution in [3.63, 3.8) is 0 Å². The molecule has 5 heteroatoms. The molecule has 1 aliphatic rings. The van der Waals surface area contributed by atoms with Crippen LogP contribution >= 0.6 is 0 Å². The maximum Gasteiger partial charge on any atom is 0.271 e. The largest absolute Gasteiger partial charge is 0.369 e. The van der Waals surface area contributed by atoms with E-state index < -0.39 is 0 Å². The first kappa shape index (κ1) is 12.8. The van der Waals surface area contributed by atoms with E-state index in [1.807, 2.05) is 6.92 Å². The second-order valence-corrected chi connectivity index (χ2v) is 4.85. The molecule has 2 rings (SSSR count). The molecular weight excluding hydrogens is 228 g/mol. The van der Waals surface area contributed by atoms with E-state index in [0.29, 0.717) is 16.9 Å². The van der Waals surface area contributed by atoms with E-state index in [4.69, 9.17) is 0 Å². The number of hydrogen-bond donors (Lipinski definition) is 2. The van der Waals surface area contributed by atoms with Gasteiger partial charge in [-0.2, -0.15) is 0 Å². The van der Waals surface area contributed by atoms with Crippen LogP contribution in [0.1, 0.15) is 43.6 Å². The van der Waals surface area contributed by atoms with Crippen LogP contribution < -0.4 is 10.6 Å². The number of carbonyl (C=O) groups excluding carboxylic acids is 1. The molecule has 0 unspecified atom stereocenters. The molecule has 0 aliphatic heterocycles.